The van der Waals surface area contributed by atoms with Crippen LogP contribution >= 0.6 is 0 Å². The number of carbonyl (C=O) groups is 2. The van der Waals surface area contributed by atoms with E-state index < -0.39 is 6.04 Å². The Balaban J connectivity index is 2.08. The predicted octanol–water partition coefficient (Wildman–Crippen LogP) is 3.96. The lowest BCUT2D eigenvalue weighted by Gasteiger charge is -2.31. The Kier molecular flexibility index (Phi) is 7.48. The average molecular weight is 344 g/mol. The number of nitrogens with zero attached hydrogens (tertiary/aromatic N) is 1. The molecule has 25 heavy (non-hydrogen) atoms. The monoisotopic (exact) mass is 344 g/mol. The highest BCUT2D eigenvalue weighted by Crippen LogP contribution is 2.19. The summed E-state index contributed by atoms with van der Waals surface area (Å²) in [5, 5.41) is 3.16. The molecule has 0 spiro atoms. The van der Waals surface area contributed by atoms with E-state index in [0.717, 1.165) is 30.4 Å². The molecule has 1 fully saturated rings. The molecule has 138 valence electrons. The topological polar surface area (TPSA) is 49.4 Å². The molecule has 0 bridgehead atoms. The van der Waals surface area contributed by atoms with E-state index in [0.29, 0.717) is 13.0 Å². The first-order chi connectivity index (χ1) is 12.0. The van der Waals surface area contributed by atoms with Crippen LogP contribution in [0.1, 0.15) is 69.9 Å². The first-order valence-electron chi connectivity index (χ1n) is 9.67. The standard InChI is InChI=1S/C21H32N2O2/c1-4-10-20(24)23(15-18-12-9-8-11-16(18)2)17(3)21(25)22-19-13-6-5-7-14-19/h8-9,11-12,17,19H,4-7,10,13-15H2,1-3H3,(H,22,25)/t17-/m1/s1. The summed E-state index contributed by atoms with van der Waals surface area (Å²) in [6.07, 6.45) is 7.00. The SMILES string of the molecule is CCCC(=O)N(Cc1ccccc1C)[C@H](C)C(=O)NC1CCCCC1. The summed E-state index contributed by atoms with van der Waals surface area (Å²) in [4.78, 5) is 27.1. The summed E-state index contributed by atoms with van der Waals surface area (Å²) in [5.41, 5.74) is 2.25. The van der Waals surface area contributed by atoms with E-state index >= 15 is 0 Å². The maximum atomic E-state index is 12.7. The minimum absolute atomic E-state index is 0.0232. The van der Waals surface area contributed by atoms with Crippen molar-refractivity contribution in [3.05, 3.63) is 35.4 Å². The molecule has 1 aromatic carbocycles. The lowest BCUT2D eigenvalue weighted by molar-refractivity contribution is -0.141. The molecule has 0 radical (unpaired) electrons. The van der Waals surface area contributed by atoms with Crippen molar-refractivity contribution in [2.45, 2.75) is 84.3 Å². The van der Waals surface area contributed by atoms with E-state index in [2.05, 4.69) is 5.32 Å². The maximum absolute atomic E-state index is 12.7. The van der Waals surface area contributed by atoms with Crippen LogP contribution in [0.5, 0.6) is 0 Å². The molecule has 1 aromatic rings. The van der Waals surface area contributed by atoms with Crippen molar-refractivity contribution >= 4 is 11.8 Å². The Morgan fingerprint density at radius 3 is 2.52 bits per heavy atom. The van der Waals surface area contributed by atoms with Gasteiger partial charge in [-0.25, -0.2) is 0 Å². The third-order valence-electron chi connectivity index (χ3n) is 5.18. The van der Waals surface area contributed by atoms with E-state index in [1.54, 1.807) is 4.90 Å². The molecular formula is C21H32N2O2. The van der Waals surface area contributed by atoms with Crippen LogP contribution < -0.4 is 5.32 Å². The van der Waals surface area contributed by atoms with Gasteiger partial charge in [0.15, 0.2) is 0 Å². The molecule has 1 aliphatic rings. The number of hydrogen-bond donors (Lipinski definition) is 1. The van der Waals surface area contributed by atoms with Crippen LogP contribution in [0.4, 0.5) is 0 Å². The Hall–Kier alpha value is -1.84. The number of amides is 2. The van der Waals surface area contributed by atoms with Gasteiger partial charge in [0.2, 0.25) is 11.8 Å². The highest BCUT2D eigenvalue weighted by Gasteiger charge is 2.27. The number of rotatable bonds is 7. The zero-order valence-electron chi connectivity index (χ0n) is 15.9. The smallest absolute Gasteiger partial charge is 0.242 e. The van der Waals surface area contributed by atoms with Crippen LogP contribution in [-0.4, -0.2) is 28.8 Å². The molecule has 1 N–H and O–H groups in total. The van der Waals surface area contributed by atoms with Gasteiger partial charge in [-0.3, -0.25) is 9.59 Å². The number of carbonyl (C=O) groups excluding carboxylic acids is 2. The van der Waals surface area contributed by atoms with Crippen molar-refractivity contribution in [1.29, 1.82) is 0 Å². The van der Waals surface area contributed by atoms with Gasteiger partial charge in [-0.1, -0.05) is 50.5 Å². The van der Waals surface area contributed by atoms with Crippen LogP contribution in [0.15, 0.2) is 24.3 Å². The lowest BCUT2D eigenvalue weighted by Crippen LogP contribution is -2.50. The second kappa shape index (κ2) is 9.59. The van der Waals surface area contributed by atoms with Crippen LogP contribution in [0.25, 0.3) is 0 Å². The van der Waals surface area contributed by atoms with E-state index in [9.17, 15) is 9.59 Å². The fourth-order valence-corrected chi connectivity index (χ4v) is 3.48. The first kappa shape index (κ1) is 19.5. The molecule has 2 amide bonds. The third kappa shape index (κ3) is 5.58. The van der Waals surface area contributed by atoms with Gasteiger partial charge >= 0.3 is 0 Å². The molecule has 0 aliphatic heterocycles. The molecule has 2 rings (SSSR count). The lowest BCUT2D eigenvalue weighted by atomic mass is 9.95. The quantitative estimate of drug-likeness (QED) is 0.814. The molecular weight excluding hydrogens is 312 g/mol. The van der Waals surface area contributed by atoms with E-state index in [1.807, 2.05) is 45.0 Å². The summed E-state index contributed by atoms with van der Waals surface area (Å²) in [6.45, 7) is 6.38. The number of nitrogens with one attached hydrogen (secondary N) is 1. The van der Waals surface area contributed by atoms with Crippen molar-refractivity contribution in [3.8, 4) is 0 Å². The molecule has 0 saturated heterocycles. The number of hydrogen-bond acceptors (Lipinski definition) is 2. The fraction of sp³-hybridized carbons (Fsp3) is 0.619. The maximum Gasteiger partial charge on any atom is 0.242 e. The summed E-state index contributed by atoms with van der Waals surface area (Å²) >= 11 is 0. The minimum atomic E-state index is -0.444. The normalized spacial score (nSPS) is 16.3. The molecule has 4 heteroatoms. The summed E-state index contributed by atoms with van der Waals surface area (Å²) in [6, 6.07) is 7.89. The molecule has 1 aliphatic carbocycles. The van der Waals surface area contributed by atoms with E-state index in [-0.39, 0.29) is 17.9 Å². The number of aryl methyl sites for hydroxylation is 1. The minimum Gasteiger partial charge on any atom is -0.352 e. The first-order valence-corrected chi connectivity index (χ1v) is 9.67. The fourth-order valence-electron chi connectivity index (χ4n) is 3.48. The highest BCUT2D eigenvalue weighted by molar-refractivity contribution is 5.87. The van der Waals surface area contributed by atoms with Crippen LogP contribution in [0.2, 0.25) is 0 Å². The van der Waals surface area contributed by atoms with Gasteiger partial charge in [-0.15, -0.1) is 0 Å². The highest BCUT2D eigenvalue weighted by atomic mass is 16.2. The third-order valence-corrected chi connectivity index (χ3v) is 5.18. The van der Waals surface area contributed by atoms with Crippen molar-refractivity contribution < 1.29 is 9.59 Å². The van der Waals surface area contributed by atoms with Crippen LogP contribution in [-0.2, 0) is 16.1 Å². The van der Waals surface area contributed by atoms with Gasteiger partial charge in [-0.2, -0.15) is 0 Å². The van der Waals surface area contributed by atoms with Crippen LogP contribution in [0, 0.1) is 6.92 Å². The molecule has 0 heterocycles. The van der Waals surface area contributed by atoms with E-state index in [4.69, 9.17) is 0 Å². The van der Waals surface area contributed by atoms with E-state index in [1.165, 1.54) is 19.3 Å². The van der Waals surface area contributed by atoms with Crippen molar-refractivity contribution in [1.82, 2.24) is 10.2 Å². The van der Waals surface area contributed by atoms with Gasteiger partial charge in [-0.05, 0) is 44.2 Å². The molecule has 4 nitrogen and oxygen atoms in total. The Morgan fingerprint density at radius 2 is 1.88 bits per heavy atom. The Labute approximate surface area is 152 Å². The molecule has 0 aromatic heterocycles. The molecule has 1 atom stereocenters. The summed E-state index contributed by atoms with van der Waals surface area (Å²) < 4.78 is 0. The van der Waals surface area contributed by atoms with Crippen molar-refractivity contribution in [3.63, 3.8) is 0 Å². The van der Waals surface area contributed by atoms with Gasteiger partial charge in [0.05, 0.1) is 0 Å². The molecule has 1 saturated carbocycles. The largest absolute Gasteiger partial charge is 0.352 e. The van der Waals surface area contributed by atoms with Gasteiger partial charge < -0.3 is 10.2 Å². The van der Waals surface area contributed by atoms with Crippen LogP contribution in [0.3, 0.4) is 0 Å². The second-order valence-electron chi connectivity index (χ2n) is 7.22. The molecule has 0 unspecified atom stereocenters. The van der Waals surface area contributed by atoms with Gasteiger partial charge in [0.25, 0.3) is 0 Å². The second-order valence-corrected chi connectivity index (χ2v) is 7.22. The van der Waals surface area contributed by atoms with Crippen molar-refractivity contribution in [2.75, 3.05) is 0 Å². The zero-order valence-corrected chi connectivity index (χ0v) is 15.9. The van der Waals surface area contributed by atoms with Gasteiger partial charge in [0, 0.05) is 19.0 Å². The average Bonchev–Trinajstić information content (AvgIpc) is 2.61. The summed E-state index contributed by atoms with van der Waals surface area (Å²) in [5.74, 6) is 0.0296. The summed E-state index contributed by atoms with van der Waals surface area (Å²) in [7, 11) is 0. The van der Waals surface area contributed by atoms with Gasteiger partial charge in [0.1, 0.15) is 6.04 Å². The Bertz CT molecular complexity index is 579. The number of benzene rings is 1. The predicted molar refractivity (Wildman–Crippen MR) is 101 cm³/mol. The van der Waals surface area contributed by atoms with Crippen molar-refractivity contribution in [2.24, 2.45) is 0 Å². The Morgan fingerprint density at radius 1 is 1.20 bits per heavy atom. The zero-order chi connectivity index (χ0) is 18.2.